The molecule has 2 aromatic heterocycles. The van der Waals surface area contributed by atoms with Crippen molar-refractivity contribution in [1.29, 1.82) is 0 Å². The maximum Gasteiger partial charge on any atom is 0.213 e. The third-order valence-electron chi connectivity index (χ3n) is 2.48. The first-order chi connectivity index (χ1) is 10.0. The van der Waals surface area contributed by atoms with Crippen LogP contribution < -0.4 is 15.2 Å². The van der Waals surface area contributed by atoms with Crippen molar-refractivity contribution in [3.05, 3.63) is 47.8 Å². The van der Waals surface area contributed by atoms with Crippen LogP contribution in [0.25, 0.3) is 0 Å². The fourth-order valence-electron chi connectivity index (χ4n) is 1.42. The maximum atomic E-state index is 5.42. The third-order valence-corrected chi connectivity index (χ3v) is 2.48. The first-order valence-corrected chi connectivity index (χ1v) is 6.83. The molecule has 0 aliphatic carbocycles. The molecular formula is C16H23N3O2. The molecular weight excluding hydrogens is 266 g/mol. The van der Waals surface area contributed by atoms with Gasteiger partial charge in [-0.2, -0.15) is 0 Å². The van der Waals surface area contributed by atoms with Gasteiger partial charge < -0.3 is 15.2 Å². The van der Waals surface area contributed by atoms with Crippen LogP contribution in [0.1, 0.15) is 25.0 Å². The van der Waals surface area contributed by atoms with E-state index in [1.165, 1.54) is 0 Å². The van der Waals surface area contributed by atoms with E-state index >= 15 is 0 Å². The summed E-state index contributed by atoms with van der Waals surface area (Å²) < 4.78 is 10.2. The lowest BCUT2D eigenvalue weighted by molar-refractivity contribution is 0.232. The smallest absolute Gasteiger partial charge is 0.213 e. The molecule has 0 aromatic carbocycles. The van der Waals surface area contributed by atoms with Crippen molar-refractivity contribution in [2.45, 2.75) is 33.4 Å². The molecule has 0 saturated heterocycles. The third kappa shape index (κ3) is 6.72. The van der Waals surface area contributed by atoms with Crippen molar-refractivity contribution in [3.8, 4) is 11.8 Å². The van der Waals surface area contributed by atoms with Gasteiger partial charge in [0, 0.05) is 31.1 Å². The zero-order valence-electron chi connectivity index (χ0n) is 13.0. The Kier molecular flexibility index (Phi) is 7.18. The normalized spacial score (nSPS) is 9.81. The van der Waals surface area contributed by atoms with E-state index in [-0.39, 0.29) is 6.10 Å². The number of aromatic nitrogens is 2. The second-order valence-electron chi connectivity index (χ2n) is 4.75. The molecule has 0 unspecified atom stereocenters. The van der Waals surface area contributed by atoms with Crippen LogP contribution in [0.3, 0.4) is 0 Å². The molecule has 114 valence electrons. The Morgan fingerprint density at radius 3 is 2.14 bits per heavy atom. The highest BCUT2D eigenvalue weighted by Crippen LogP contribution is 2.08. The SMILES string of the molecule is CC(C)Oc1ccc(CN)cn1.COc1ccc(C)cn1. The van der Waals surface area contributed by atoms with Crippen molar-refractivity contribution in [1.82, 2.24) is 9.97 Å². The average Bonchev–Trinajstić information content (AvgIpc) is 2.49. The Morgan fingerprint density at radius 1 is 1.05 bits per heavy atom. The lowest BCUT2D eigenvalue weighted by atomic mass is 10.3. The number of nitrogens with two attached hydrogens (primary N) is 1. The van der Waals surface area contributed by atoms with Gasteiger partial charge in [-0.25, -0.2) is 9.97 Å². The number of nitrogens with zero attached hydrogens (tertiary/aromatic N) is 2. The van der Waals surface area contributed by atoms with Crippen LogP contribution in [-0.2, 0) is 6.54 Å². The van der Waals surface area contributed by atoms with Crippen molar-refractivity contribution in [2.24, 2.45) is 5.73 Å². The largest absolute Gasteiger partial charge is 0.481 e. The highest BCUT2D eigenvalue weighted by Gasteiger charge is 1.97. The molecule has 0 atom stereocenters. The quantitative estimate of drug-likeness (QED) is 0.937. The van der Waals surface area contributed by atoms with Gasteiger partial charge in [0.2, 0.25) is 11.8 Å². The summed E-state index contributed by atoms with van der Waals surface area (Å²) in [6, 6.07) is 7.56. The summed E-state index contributed by atoms with van der Waals surface area (Å²) in [5.74, 6) is 1.32. The Hall–Kier alpha value is -2.14. The minimum absolute atomic E-state index is 0.168. The summed E-state index contributed by atoms with van der Waals surface area (Å²) >= 11 is 0. The number of hydrogen-bond acceptors (Lipinski definition) is 5. The van der Waals surface area contributed by atoms with Crippen LogP contribution in [0.5, 0.6) is 11.8 Å². The van der Waals surface area contributed by atoms with Crippen molar-refractivity contribution in [2.75, 3.05) is 7.11 Å². The lowest BCUT2D eigenvalue weighted by Crippen LogP contribution is -2.07. The summed E-state index contributed by atoms with van der Waals surface area (Å²) in [4.78, 5) is 8.06. The van der Waals surface area contributed by atoms with Gasteiger partial charge in [0.05, 0.1) is 13.2 Å². The molecule has 0 aliphatic heterocycles. The molecule has 2 rings (SSSR count). The molecule has 0 bridgehead atoms. The average molecular weight is 289 g/mol. The van der Waals surface area contributed by atoms with Gasteiger partial charge in [0.1, 0.15) is 0 Å². The number of rotatable bonds is 4. The van der Waals surface area contributed by atoms with E-state index in [1.54, 1.807) is 19.5 Å². The molecule has 2 aromatic rings. The van der Waals surface area contributed by atoms with E-state index < -0.39 is 0 Å². The summed E-state index contributed by atoms with van der Waals surface area (Å²) in [5.41, 5.74) is 7.59. The van der Waals surface area contributed by atoms with Gasteiger partial charge in [-0.05, 0) is 31.9 Å². The molecule has 0 spiro atoms. The molecule has 21 heavy (non-hydrogen) atoms. The van der Waals surface area contributed by atoms with E-state index in [2.05, 4.69) is 9.97 Å². The van der Waals surface area contributed by atoms with Crippen LogP contribution in [0, 0.1) is 6.92 Å². The topological polar surface area (TPSA) is 70.3 Å². The van der Waals surface area contributed by atoms with Gasteiger partial charge in [-0.3, -0.25) is 0 Å². The van der Waals surface area contributed by atoms with E-state index in [9.17, 15) is 0 Å². The standard InChI is InChI=1S/C9H14N2O.C7H9NO/c1-7(2)12-9-4-3-8(5-10)6-11-9;1-6-3-4-7(9-2)8-5-6/h3-4,6-7H,5,10H2,1-2H3;3-5H,1-2H3. The second kappa shape index (κ2) is 8.92. The van der Waals surface area contributed by atoms with Gasteiger partial charge >= 0.3 is 0 Å². The van der Waals surface area contributed by atoms with Crippen LogP contribution in [0.15, 0.2) is 36.7 Å². The maximum absolute atomic E-state index is 5.42. The zero-order valence-corrected chi connectivity index (χ0v) is 13.0. The lowest BCUT2D eigenvalue weighted by Gasteiger charge is -2.07. The summed E-state index contributed by atoms with van der Waals surface area (Å²) in [6.45, 7) is 6.46. The van der Waals surface area contributed by atoms with Crippen molar-refractivity contribution in [3.63, 3.8) is 0 Å². The fraction of sp³-hybridized carbons (Fsp3) is 0.375. The molecule has 0 radical (unpaired) electrons. The van der Waals surface area contributed by atoms with Gasteiger partial charge in [-0.15, -0.1) is 0 Å². The fourth-order valence-corrected chi connectivity index (χ4v) is 1.42. The minimum atomic E-state index is 0.168. The summed E-state index contributed by atoms with van der Waals surface area (Å²) in [6.07, 6.45) is 3.68. The van der Waals surface area contributed by atoms with E-state index in [4.69, 9.17) is 15.2 Å². The number of hydrogen-bond donors (Lipinski definition) is 1. The van der Waals surface area contributed by atoms with E-state index in [0.717, 1.165) is 11.1 Å². The summed E-state index contributed by atoms with van der Waals surface area (Å²) in [7, 11) is 1.61. The Bertz CT molecular complexity index is 510. The first kappa shape index (κ1) is 16.9. The van der Waals surface area contributed by atoms with Crippen LogP contribution in [0.4, 0.5) is 0 Å². The summed E-state index contributed by atoms with van der Waals surface area (Å²) in [5, 5.41) is 0. The molecule has 2 N–H and O–H groups in total. The Morgan fingerprint density at radius 2 is 1.71 bits per heavy atom. The molecule has 5 heteroatoms. The van der Waals surface area contributed by atoms with Crippen molar-refractivity contribution >= 4 is 0 Å². The van der Waals surface area contributed by atoms with Crippen molar-refractivity contribution < 1.29 is 9.47 Å². The predicted molar refractivity (Wildman–Crippen MR) is 83.4 cm³/mol. The molecule has 0 fully saturated rings. The monoisotopic (exact) mass is 289 g/mol. The van der Waals surface area contributed by atoms with Gasteiger partial charge in [-0.1, -0.05) is 12.1 Å². The number of methoxy groups -OCH3 is 1. The molecule has 0 aliphatic rings. The molecule has 5 nitrogen and oxygen atoms in total. The highest BCUT2D eigenvalue weighted by molar-refractivity contribution is 5.17. The Labute approximate surface area is 126 Å². The highest BCUT2D eigenvalue weighted by atomic mass is 16.5. The Balaban J connectivity index is 0.000000219. The van der Waals surface area contributed by atoms with Crippen LogP contribution >= 0.6 is 0 Å². The first-order valence-electron chi connectivity index (χ1n) is 6.83. The van der Waals surface area contributed by atoms with E-state index in [1.807, 2.05) is 45.0 Å². The van der Waals surface area contributed by atoms with Gasteiger partial charge in [0.15, 0.2) is 0 Å². The number of aryl methyl sites for hydroxylation is 1. The molecule has 0 amide bonds. The molecule has 2 heterocycles. The van der Waals surface area contributed by atoms with Gasteiger partial charge in [0.25, 0.3) is 0 Å². The van der Waals surface area contributed by atoms with E-state index in [0.29, 0.717) is 18.3 Å². The number of pyridine rings is 2. The predicted octanol–water partition coefficient (Wildman–Crippen LogP) is 2.73. The molecule has 0 saturated carbocycles. The number of ether oxygens (including phenoxy) is 2. The zero-order chi connectivity index (χ0) is 15.7. The van der Waals surface area contributed by atoms with Crippen LogP contribution in [-0.4, -0.2) is 23.2 Å². The minimum Gasteiger partial charge on any atom is -0.481 e. The van der Waals surface area contributed by atoms with Crippen LogP contribution in [0.2, 0.25) is 0 Å². The second-order valence-corrected chi connectivity index (χ2v) is 4.75.